The number of hydrogen-bond acceptors (Lipinski definition) is 3. The zero-order valence-corrected chi connectivity index (χ0v) is 16.0. The molecule has 0 bridgehead atoms. The van der Waals surface area contributed by atoms with Gasteiger partial charge in [0.15, 0.2) is 0 Å². The molecule has 0 atom stereocenters. The van der Waals surface area contributed by atoms with Crippen molar-refractivity contribution in [3.8, 4) is 5.75 Å². The molecule has 0 fully saturated rings. The van der Waals surface area contributed by atoms with Gasteiger partial charge in [-0.2, -0.15) is 0 Å². The lowest BCUT2D eigenvalue weighted by atomic mass is 9.99. The molecule has 4 aromatic rings. The lowest BCUT2D eigenvalue weighted by Gasteiger charge is -2.29. The van der Waals surface area contributed by atoms with Crippen LogP contribution in [0.4, 0.5) is 0 Å². The van der Waals surface area contributed by atoms with E-state index in [1.165, 1.54) is 11.1 Å². The van der Waals surface area contributed by atoms with E-state index in [1.807, 2.05) is 70.2 Å². The van der Waals surface area contributed by atoms with Gasteiger partial charge in [-0.25, -0.2) is 4.98 Å². The van der Waals surface area contributed by atoms with Crippen LogP contribution in [-0.2, 0) is 19.6 Å². The molecule has 0 aliphatic carbocycles. The zero-order valence-electron chi connectivity index (χ0n) is 16.0. The number of pyridine rings is 1. The Balaban J connectivity index is 1.34. The van der Waals surface area contributed by atoms with Crippen LogP contribution in [0.3, 0.4) is 0 Å². The third-order valence-corrected chi connectivity index (χ3v) is 5.32. The van der Waals surface area contributed by atoms with Crippen LogP contribution < -0.4 is 4.74 Å². The fourth-order valence-corrected chi connectivity index (χ4v) is 3.82. The number of carbonyl (C=O) groups excluding carboxylic acids is 1. The van der Waals surface area contributed by atoms with Crippen LogP contribution in [0.5, 0.6) is 5.75 Å². The number of rotatable bonds is 4. The van der Waals surface area contributed by atoms with Crippen LogP contribution >= 0.6 is 0 Å². The number of fused-ring (bicyclic) bond motifs is 2. The Bertz CT molecular complexity index is 1150. The molecule has 2 aromatic heterocycles. The van der Waals surface area contributed by atoms with E-state index in [2.05, 4.69) is 23.2 Å². The van der Waals surface area contributed by atoms with Gasteiger partial charge in [0.25, 0.3) is 5.91 Å². The first-order chi connectivity index (χ1) is 14.3. The molecule has 0 radical (unpaired) electrons. The molecule has 1 aliphatic heterocycles. The second kappa shape index (κ2) is 7.43. The van der Waals surface area contributed by atoms with Gasteiger partial charge in [0.05, 0.1) is 11.3 Å². The largest absolute Gasteiger partial charge is 0.486 e. The molecule has 2 aromatic carbocycles. The smallest absolute Gasteiger partial charge is 0.257 e. The maximum absolute atomic E-state index is 13.2. The van der Waals surface area contributed by atoms with E-state index in [4.69, 9.17) is 4.74 Å². The first kappa shape index (κ1) is 17.5. The Labute approximate surface area is 169 Å². The number of hydrogen-bond donors (Lipinski definition) is 0. The van der Waals surface area contributed by atoms with Crippen LogP contribution in [0, 0.1) is 0 Å². The van der Waals surface area contributed by atoms with Crippen molar-refractivity contribution in [1.82, 2.24) is 14.3 Å². The molecular formula is C24H21N3O2. The summed E-state index contributed by atoms with van der Waals surface area (Å²) in [5, 5.41) is 0. The zero-order chi connectivity index (χ0) is 19.6. The third-order valence-electron chi connectivity index (χ3n) is 5.32. The molecule has 5 rings (SSSR count). The van der Waals surface area contributed by atoms with Crippen molar-refractivity contribution in [3.05, 3.63) is 102 Å². The van der Waals surface area contributed by atoms with Gasteiger partial charge in [0.2, 0.25) is 0 Å². The number of benzene rings is 2. The Morgan fingerprint density at radius 2 is 1.76 bits per heavy atom. The van der Waals surface area contributed by atoms with Gasteiger partial charge in [0.1, 0.15) is 18.0 Å². The lowest BCUT2D eigenvalue weighted by molar-refractivity contribution is 0.0729. The number of aromatic nitrogens is 2. The number of amides is 1. The lowest BCUT2D eigenvalue weighted by Crippen LogP contribution is -2.36. The minimum absolute atomic E-state index is 0.00473. The van der Waals surface area contributed by atoms with E-state index in [0.29, 0.717) is 24.5 Å². The predicted molar refractivity (Wildman–Crippen MR) is 111 cm³/mol. The highest BCUT2D eigenvalue weighted by atomic mass is 16.5. The molecule has 5 heteroatoms. The molecule has 0 N–H and O–H groups in total. The molecule has 0 unspecified atom stereocenters. The number of para-hydroxylation sites is 1. The number of nitrogens with zero attached hydrogens (tertiary/aromatic N) is 3. The van der Waals surface area contributed by atoms with E-state index in [9.17, 15) is 4.79 Å². The van der Waals surface area contributed by atoms with Gasteiger partial charge < -0.3 is 14.0 Å². The van der Waals surface area contributed by atoms with Gasteiger partial charge in [-0.3, -0.25) is 4.79 Å². The van der Waals surface area contributed by atoms with Gasteiger partial charge >= 0.3 is 0 Å². The molecule has 3 heterocycles. The average molecular weight is 383 g/mol. The number of imidazole rings is 1. The first-order valence-corrected chi connectivity index (χ1v) is 9.78. The maximum atomic E-state index is 13.2. The fourth-order valence-electron chi connectivity index (χ4n) is 3.82. The van der Waals surface area contributed by atoms with Crippen LogP contribution in [0.1, 0.15) is 27.2 Å². The molecule has 144 valence electrons. The van der Waals surface area contributed by atoms with E-state index >= 15 is 0 Å². The molecule has 1 aliphatic rings. The SMILES string of the molecule is O=C(c1ccccc1OCc1cn2ccccc2n1)N1CCc2ccccc2C1. The highest BCUT2D eigenvalue weighted by molar-refractivity contribution is 5.97. The quantitative estimate of drug-likeness (QED) is 0.533. The summed E-state index contributed by atoms with van der Waals surface area (Å²) in [4.78, 5) is 19.7. The van der Waals surface area contributed by atoms with E-state index in [-0.39, 0.29) is 5.91 Å². The molecular weight excluding hydrogens is 362 g/mol. The Kier molecular flexibility index (Phi) is 4.48. The summed E-state index contributed by atoms with van der Waals surface area (Å²) in [5.41, 5.74) is 4.84. The van der Waals surface area contributed by atoms with Crippen molar-refractivity contribution in [1.29, 1.82) is 0 Å². The van der Waals surface area contributed by atoms with Crippen LogP contribution in [0.2, 0.25) is 0 Å². The first-order valence-electron chi connectivity index (χ1n) is 9.78. The van der Waals surface area contributed by atoms with E-state index in [1.54, 1.807) is 0 Å². The standard InChI is InChI=1S/C24H21N3O2/c28-24(27-14-12-18-7-1-2-8-19(18)15-27)21-9-3-4-10-22(21)29-17-20-16-26-13-6-5-11-23(26)25-20/h1-11,13,16H,12,14-15,17H2. The highest BCUT2D eigenvalue weighted by Crippen LogP contribution is 2.25. The normalized spacial score (nSPS) is 13.3. The number of ether oxygens (including phenoxy) is 1. The highest BCUT2D eigenvalue weighted by Gasteiger charge is 2.23. The second-order valence-electron chi connectivity index (χ2n) is 7.23. The van der Waals surface area contributed by atoms with Gasteiger partial charge in [-0.1, -0.05) is 42.5 Å². The number of carbonyl (C=O) groups is 1. The summed E-state index contributed by atoms with van der Waals surface area (Å²) in [7, 11) is 0. The summed E-state index contributed by atoms with van der Waals surface area (Å²) in [6.45, 7) is 1.67. The van der Waals surface area contributed by atoms with Crippen molar-refractivity contribution in [2.24, 2.45) is 0 Å². The minimum atomic E-state index is 0.00473. The summed E-state index contributed by atoms with van der Waals surface area (Å²) in [6.07, 6.45) is 4.78. The van der Waals surface area contributed by atoms with Crippen LogP contribution in [0.25, 0.3) is 5.65 Å². The van der Waals surface area contributed by atoms with Gasteiger partial charge in [-0.05, 0) is 41.8 Å². The average Bonchev–Trinajstić information content (AvgIpc) is 3.20. The molecule has 0 saturated heterocycles. The minimum Gasteiger partial charge on any atom is -0.486 e. The van der Waals surface area contributed by atoms with Crippen LogP contribution in [-0.4, -0.2) is 26.7 Å². The second-order valence-corrected chi connectivity index (χ2v) is 7.23. The summed E-state index contributed by atoms with van der Waals surface area (Å²) < 4.78 is 7.97. The topological polar surface area (TPSA) is 46.8 Å². The molecule has 29 heavy (non-hydrogen) atoms. The van der Waals surface area contributed by atoms with Gasteiger partial charge in [0, 0.05) is 25.5 Å². The van der Waals surface area contributed by atoms with Crippen molar-refractivity contribution < 1.29 is 9.53 Å². The van der Waals surface area contributed by atoms with Crippen molar-refractivity contribution >= 4 is 11.6 Å². The molecule has 0 spiro atoms. The maximum Gasteiger partial charge on any atom is 0.257 e. The molecule has 0 saturated carbocycles. The monoisotopic (exact) mass is 383 g/mol. The Morgan fingerprint density at radius 1 is 0.966 bits per heavy atom. The summed E-state index contributed by atoms with van der Waals surface area (Å²) in [6, 6.07) is 21.6. The van der Waals surface area contributed by atoms with Crippen molar-refractivity contribution in [2.75, 3.05) is 6.54 Å². The van der Waals surface area contributed by atoms with E-state index < -0.39 is 0 Å². The van der Waals surface area contributed by atoms with Gasteiger partial charge in [-0.15, -0.1) is 0 Å². The van der Waals surface area contributed by atoms with Crippen molar-refractivity contribution in [2.45, 2.75) is 19.6 Å². The van der Waals surface area contributed by atoms with Crippen LogP contribution in [0.15, 0.2) is 79.1 Å². The molecule has 1 amide bonds. The van der Waals surface area contributed by atoms with Crippen molar-refractivity contribution in [3.63, 3.8) is 0 Å². The molecule has 5 nitrogen and oxygen atoms in total. The third kappa shape index (κ3) is 3.47. The Morgan fingerprint density at radius 3 is 2.66 bits per heavy atom. The Hall–Kier alpha value is -3.60. The summed E-state index contributed by atoms with van der Waals surface area (Å²) >= 11 is 0. The van der Waals surface area contributed by atoms with E-state index in [0.717, 1.165) is 24.3 Å². The predicted octanol–water partition coefficient (Wildman–Crippen LogP) is 4.11. The summed E-state index contributed by atoms with van der Waals surface area (Å²) in [5.74, 6) is 0.596. The fraction of sp³-hybridized carbons (Fsp3) is 0.167.